The van der Waals surface area contributed by atoms with Crippen LogP contribution >= 0.6 is 11.3 Å². The van der Waals surface area contributed by atoms with Crippen molar-refractivity contribution >= 4 is 11.3 Å². The number of hydrogen-bond acceptors (Lipinski definition) is 6. The Balaban J connectivity index is 1.73. The second-order valence-corrected chi connectivity index (χ2v) is 6.44. The van der Waals surface area contributed by atoms with Crippen LogP contribution in [0.15, 0.2) is 40.3 Å². The molecule has 0 fully saturated rings. The highest BCUT2D eigenvalue weighted by Crippen LogP contribution is 2.13. The van der Waals surface area contributed by atoms with Crippen LogP contribution in [-0.4, -0.2) is 49.5 Å². The molecule has 0 saturated carbocycles. The Kier molecular flexibility index (Phi) is 8.35. The van der Waals surface area contributed by atoms with Crippen molar-refractivity contribution in [1.29, 1.82) is 0 Å². The molecule has 2 aromatic heterocycles. The Morgan fingerprint density at radius 1 is 1.35 bits per heavy atom. The van der Waals surface area contributed by atoms with Gasteiger partial charge in [-0.1, -0.05) is 6.07 Å². The van der Waals surface area contributed by atoms with E-state index in [0.29, 0.717) is 19.8 Å². The molecule has 128 valence electrons. The second-order valence-electron chi connectivity index (χ2n) is 5.41. The monoisotopic (exact) mass is 339 g/mol. The smallest absolute Gasteiger partial charge is 0.129 e. The zero-order valence-corrected chi connectivity index (χ0v) is 14.3. The van der Waals surface area contributed by atoms with Crippen molar-refractivity contribution in [2.24, 2.45) is 0 Å². The van der Waals surface area contributed by atoms with Crippen molar-refractivity contribution in [3.63, 3.8) is 0 Å². The molecule has 0 aliphatic heterocycles. The summed E-state index contributed by atoms with van der Waals surface area (Å²) in [6.07, 6.45) is 2.04. The van der Waals surface area contributed by atoms with Gasteiger partial charge in [0, 0.05) is 38.2 Å². The molecule has 1 atom stereocenters. The summed E-state index contributed by atoms with van der Waals surface area (Å²) in [5.74, 6) is 0.771. The van der Waals surface area contributed by atoms with E-state index in [1.807, 2.05) is 12.1 Å². The van der Waals surface area contributed by atoms with E-state index in [1.165, 1.54) is 4.88 Å². The van der Waals surface area contributed by atoms with Crippen LogP contribution in [0.2, 0.25) is 0 Å². The highest BCUT2D eigenvalue weighted by atomic mass is 32.1. The summed E-state index contributed by atoms with van der Waals surface area (Å²) >= 11 is 1.74. The molecular weight excluding hydrogens is 314 g/mol. The maximum atomic E-state index is 10.2. The van der Waals surface area contributed by atoms with Crippen molar-refractivity contribution in [1.82, 2.24) is 4.90 Å². The zero-order valence-electron chi connectivity index (χ0n) is 13.5. The first-order valence-electron chi connectivity index (χ1n) is 7.80. The predicted octanol–water partition coefficient (Wildman–Crippen LogP) is 2.76. The molecule has 0 aliphatic rings. The van der Waals surface area contributed by atoms with Gasteiger partial charge in [0.15, 0.2) is 0 Å². The molecule has 2 rings (SSSR count). The Morgan fingerprint density at radius 2 is 2.26 bits per heavy atom. The molecule has 6 heteroatoms. The number of aliphatic hydroxyl groups is 1. The third kappa shape index (κ3) is 7.28. The normalized spacial score (nSPS) is 12.8. The van der Waals surface area contributed by atoms with Gasteiger partial charge in [-0.25, -0.2) is 0 Å². The molecule has 0 unspecified atom stereocenters. The maximum Gasteiger partial charge on any atom is 0.129 e. The van der Waals surface area contributed by atoms with Gasteiger partial charge in [-0.15, -0.1) is 11.3 Å². The third-order valence-corrected chi connectivity index (χ3v) is 4.25. The molecule has 2 heterocycles. The van der Waals surface area contributed by atoms with Crippen LogP contribution in [0.4, 0.5) is 0 Å². The fourth-order valence-electron chi connectivity index (χ4n) is 2.33. The van der Waals surface area contributed by atoms with Crippen LogP contribution in [0, 0.1) is 0 Å². The van der Waals surface area contributed by atoms with E-state index in [4.69, 9.17) is 13.9 Å². The molecular formula is C17H25NO4S. The molecule has 0 spiro atoms. The van der Waals surface area contributed by atoms with E-state index in [0.717, 1.165) is 31.9 Å². The molecule has 0 bridgehead atoms. The van der Waals surface area contributed by atoms with Gasteiger partial charge < -0.3 is 19.0 Å². The lowest BCUT2D eigenvalue weighted by atomic mass is 10.3. The molecule has 0 saturated heterocycles. The first-order chi connectivity index (χ1) is 11.3. The van der Waals surface area contributed by atoms with Crippen LogP contribution in [0.25, 0.3) is 0 Å². The summed E-state index contributed by atoms with van der Waals surface area (Å²) in [7, 11) is 1.71. The lowest BCUT2D eigenvalue weighted by Crippen LogP contribution is -2.35. The minimum Gasteiger partial charge on any atom is -0.467 e. The molecule has 0 amide bonds. The lowest BCUT2D eigenvalue weighted by Gasteiger charge is -2.24. The van der Waals surface area contributed by atoms with Gasteiger partial charge in [0.05, 0.1) is 19.0 Å². The van der Waals surface area contributed by atoms with E-state index >= 15 is 0 Å². The largest absolute Gasteiger partial charge is 0.467 e. The minimum atomic E-state index is -0.521. The zero-order chi connectivity index (χ0) is 16.3. The SMILES string of the molecule is COCCCN(Cc1cccs1)C[C@@H](O)COCc1ccco1. The third-order valence-electron chi connectivity index (χ3n) is 3.39. The first-order valence-corrected chi connectivity index (χ1v) is 8.67. The van der Waals surface area contributed by atoms with Gasteiger partial charge in [0.1, 0.15) is 12.4 Å². The summed E-state index contributed by atoms with van der Waals surface area (Å²) in [6.45, 7) is 3.73. The van der Waals surface area contributed by atoms with Crippen LogP contribution in [0.1, 0.15) is 17.1 Å². The Morgan fingerprint density at radius 3 is 2.96 bits per heavy atom. The fourth-order valence-corrected chi connectivity index (χ4v) is 3.08. The van der Waals surface area contributed by atoms with E-state index in [2.05, 4.69) is 22.4 Å². The van der Waals surface area contributed by atoms with Gasteiger partial charge >= 0.3 is 0 Å². The van der Waals surface area contributed by atoms with Crippen LogP contribution in [0.5, 0.6) is 0 Å². The number of ether oxygens (including phenoxy) is 2. The topological polar surface area (TPSA) is 55.1 Å². The number of methoxy groups -OCH3 is 1. The van der Waals surface area contributed by atoms with Crippen LogP contribution in [-0.2, 0) is 22.6 Å². The molecule has 1 N–H and O–H groups in total. The minimum absolute atomic E-state index is 0.298. The van der Waals surface area contributed by atoms with E-state index < -0.39 is 6.10 Å². The molecule has 23 heavy (non-hydrogen) atoms. The molecule has 5 nitrogen and oxygen atoms in total. The highest BCUT2D eigenvalue weighted by Gasteiger charge is 2.13. The van der Waals surface area contributed by atoms with Crippen molar-refractivity contribution in [3.8, 4) is 0 Å². The summed E-state index contributed by atoms with van der Waals surface area (Å²) in [5, 5.41) is 12.3. The summed E-state index contributed by atoms with van der Waals surface area (Å²) in [5.41, 5.74) is 0. The Labute approximate surface area is 141 Å². The summed E-state index contributed by atoms with van der Waals surface area (Å²) < 4.78 is 15.8. The number of nitrogens with zero attached hydrogens (tertiary/aromatic N) is 1. The van der Waals surface area contributed by atoms with E-state index in [-0.39, 0.29) is 0 Å². The lowest BCUT2D eigenvalue weighted by molar-refractivity contribution is 0.00296. The number of furan rings is 1. The van der Waals surface area contributed by atoms with E-state index in [9.17, 15) is 5.11 Å². The maximum absolute atomic E-state index is 10.2. The average Bonchev–Trinajstić information content (AvgIpc) is 3.21. The summed E-state index contributed by atoms with van der Waals surface area (Å²) in [4.78, 5) is 3.54. The number of rotatable bonds is 12. The van der Waals surface area contributed by atoms with Crippen LogP contribution in [0.3, 0.4) is 0 Å². The molecule has 0 aliphatic carbocycles. The molecule has 2 aromatic rings. The fraction of sp³-hybridized carbons (Fsp3) is 0.529. The van der Waals surface area contributed by atoms with Crippen molar-refractivity contribution in [3.05, 3.63) is 46.5 Å². The molecule has 0 radical (unpaired) electrons. The van der Waals surface area contributed by atoms with Gasteiger partial charge in [-0.3, -0.25) is 4.90 Å². The van der Waals surface area contributed by atoms with Crippen LogP contribution < -0.4 is 0 Å². The first kappa shape index (κ1) is 18.2. The Bertz CT molecular complexity index is 501. The van der Waals surface area contributed by atoms with Crippen molar-refractivity contribution in [2.75, 3.05) is 33.4 Å². The highest BCUT2D eigenvalue weighted by molar-refractivity contribution is 7.09. The van der Waals surface area contributed by atoms with Gasteiger partial charge in [-0.05, 0) is 30.0 Å². The second kappa shape index (κ2) is 10.6. The average molecular weight is 339 g/mol. The quantitative estimate of drug-likeness (QED) is 0.603. The van der Waals surface area contributed by atoms with Crippen molar-refractivity contribution in [2.45, 2.75) is 25.7 Å². The van der Waals surface area contributed by atoms with Gasteiger partial charge in [-0.2, -0.15) is 0 Å². The number of aliphatic hydroxyl groups excluding tert-OH is 1. The van der Waals surface area contributed by atoms with Gasteiger partial charge in [0.25, 0.3) is 0 Å². The predicted molar refractivity (Wildman–Crippen MR) is 90.5 cm³/mol. The Hall–Kier alpha value is -1.18. The van der Waals surface area contributed by atoms with E-state index in [1.54, 1.807) is 24.7 Å². The standard InChI is InChI=1S/C17H25NO4S/c1-20-8-4-7-18(12-17-6-3-10-23-17)11-15(19)13-21-14-16-5-2-9-22-16/h2-3,5-6,9-10,15,19H,4,7-8,11-14H2,1H3/t15-/m1/s1. The van der Waals surface area contributed by atoms with Gasteiger partial charge in [0.2, 0.25) is 0 Å². The van der Waals surface area contributed by atoms with Crippen molar-refractivity contribution < 1.29 is 19.0 Å². The summed E-state index contributed by atoms with van der Waals surface area (Å²) in [6, 6.07) is 7.86. The molecule has 0 aromatic carbocycles. The number of thiophene rings is 1. The number of hydrogen-bond donors (Lipinski definition) is 1.